The van der Waals surface area contributed by atoms with Crippen LogP contribution in [0.5, 0.6) is 17.2 Å². The zero-order valence-electron chi connectivity index (χ0n) is 21.2. The minimum absolute atomic E-state index is 0.108. The molecule has 36 heavy (non-hydrogen) atoms. The first-order valence-electron chi connectivity index (χ1n) is 12.3. The van der Waals surface area contributed by atoms with E-state index < -0.39 is 11.9 Å². The van der Waals surface area contributed by atoms with E-state index in [4.69, 9.17) is 34.0 Å². The quantitative estimate of drug-likeness (QED) is 0.287. The molecule has 2 aromatic rings. The summed E-state index contributed by atoms with van der Waals surface area (Å²) in [7, 11) is 0. The van der Waals surface area contributed by atoms with E-state index in [0.29, 0.717) is 12.7 Å². The van der Waals surface area contributed by atoms with Gasteiger partial charge in [0, 0.05) is 13.1 Å². The summed E-state index contributed by atoms with van der Waals surface area (Å²) in [5.41, 5.74) is 2.33. The van der Waals surface area contributed by atoms with Crippen LogP contribution < -0.4 is 19.5 Å². The molecular formula is C28H37NO7. The van der Waals surface area contributed by atoms with Crippen molar-refractivity contribution < 1.29 is 34.0 Å². The first-order valence-corrected chi connectivity index (χ1v) is 12.3. The van der Waals surface area contributed by atoms with E-state index in [1.807, 2.05) is 45.0 Å². The number of hydrogen-bond donors (Lipinski definition) is 3. The predicted molar refractivity (Wildman–Crippen MR) is 139 cm³/mol. The highest BCUT2D eigenvalue weighted by atomic mass is 16.5. The van der Waals surface area contributed by atoms with E-state index in [1.54, 1.807) is 0 Å². The van der Waals surface area contributed by atoms with Crippen molar-refractivity contribution in [2.75, 3.05) is 13.2 Å². The summed E-state index contributed by atoms with van der Waals surface area (Å²) in [5, 5.41) is 18.2. The summed E-state index contributed by atoms with van der Waals surface area (Å²) < 4.78 is 18.0. The number of carboxylic acids is 2. The molecule has 1 aliphatic rings. The second kappa shape index (κ2) is 15.5. The van der Waals surface area contributed by atoms with Gasteiger partial charge in [0.15, 0.2) is 11.5 Å². The molecular weight excluding hydrogens is 462 g/mol. The van der Waals surface area contributed by atoms with E-state index in [9.17, 15) is 0 Å². The fourth-order valence-electron chi connectivity index (χ4n) is 3.68. The summed E-state index contributed by atoms with van der Waals surface area (Å²) in [6.07, 6.45) is 9.51. The van der Waals surface area contributed by atoms with Crippen LogP contribution in [0.25, 0.3) is 6.08 Å². The average Bonchev–Trinajstić information content (AvgIpc) is 3.34. The van der Waals surface area contributed by atoms with Crippen molar-refractivity contribution >= 4 is 18.0 Å². The molecule has 0 unspecified atom stereocenters. The fraction of sp³-hybridized carbons (Fsp3) is 0.429. The van der Waals surface area contributed by atoms with E-state index in [0.717, 1.165) is 35.9 Å². The maximum absolute atomic E-state index is 9.10. The molecule has 0 atom stereocenters. The molecule has 0 saturated heterocycles. The molecule has 0 bridgehead atoms. The number of nitrogens with one attached hydrogen (secondary N) is 1. The molecule has 196 valence electrons. The van der Waals surface area contributed by atoms with Crippen molar-refractivity contribution in [2.45, 2.75) is 65.2 Å². The summed E-state index contributed by atoms with van der Waals surface area (Å²) >= 11 is 0. The van der Waals surface area contributed by atoms with E-state index in [-0.39, 0.29) is 6.10 Å². The molecule has 0 amide bonds. The largest absolute Gasteiger partial charge is 0.490 e. The van der Waals surface area contributed by atoms with Gasteiger partial charge in [-0.25, -0.2) is 9.59 Å². The Morgan fingerprint density at radius 2 is 1.78 bits per heavy atom. The highest BCUT2D eigenvalue weighted by Gasteiger charge is 2.16. The van der Waals surface area contributed by atoms with Crippen LogP contribution in [0.3, 0.4) is 0 Å². The Labute approximate surface area is 212 Å². The Balaban J connectivity index is 0.000000678. The number of aliphatic carboxylic acids is 2. The van der Waals surface area contributed by atoms with Gasteiger partial charge in [-0.15, -0.1) is 0 Å². The lowest BCUT2D eigenvalue weighted by Gasteiger charge is -2.16. The molecule has 0 heterocycles. The third-order valence-electron chi connectivity index (χ3n) is 5.24. The molecule has 1 aliphatic carbocycles. The molecule has 3 N–H and O–H groups in total. The second-order valence-corrected chi connectivity index (χ2v) is 8.68. The Bertz CT molecular complexity index is 985. The van der Waals surface area contributed by atoms with E-state index in [1.165, 1.54) is 31.2 Å². The molecule has 0 radical (unpaired) electrons. The maximum atomic E-state index is 9.10. The second-order valence-electron chi connectivity index (χ2n) is 8.68. The number of rotatable bonds is 11. The Kier molecular flexibility index (Phi) is 12.3. The van der Waals surface area contributed by atoms with Gasteiger partial charge in [0.25, 0.3) is 0 Å². The molecule has 0 spiro atoms. The number of ether oxygens (including phenoxy) is 3. The third-order valence-corrected chi connectivity index (χ3v) is 5.24. The fourth-order valence-corrected chi connectivity index (χ4v) is 3.68. The van der Waals surface area contributed by atoms with Crippen LogP contribution in [0, 0.1) is 0 Å². The van der Waals surface area contributed by atoms with E-state index in [2.05, 4.69) is 35.7 Å². The molecule has 0 aromatic heterocycles. The summed E-state index contributed by atoms with van der Waals surface area (Å²) in [5.74, 6) is -1.10. The van der Waals surface area contributed by atoms with Gasteiger partial charge in [-0.05, 0) is 81.8 Å². The standard InChI is InChI=1S/C26H35NO3.C2H2O4/c1-4-8-21-13-14-25(29-20(2)3)26(18-21)28-16-15-27-19-22-9-7-12-24(17-22)30-23-10-5-6-11-23;3-1(4)2(5)6/h4,7-9,12-14,17-18,20,23,27H,5-6,10-11,15-16,19H2,1-3H3;(H,3,4)(H,5,6)/b8-4-;. The van der Waals surface area contributed by atoms with Crippen LogP contribution in [0.1, 0.15) is 57.6 Å². The van der Waals surface area contributed by atoms with Gasteiger partial charge in [-0.1, -0.05) is 30.4 Å². The zero-order valence-corrected chi connectivity index (χ0v) is 21.2. The molecule has 1 fully saturated rings. The highest BCUT2D eigenvalue weighted by Crippen LogP contribution is 2.30. The number of carbonyl (C=O) groups is 2. The van der Waals surface area contributed by atoms with Gasteiger partial charge < -0.3 is 29.7 Å². The highest BCUT2D eigenvalue weighted by molar-refractivity contribution is 6.27. The van der Waals surface area contributed by atoms with Crippen molar-refractivity contribution in [1.82, 2.24) is 5.32 Å². The first-order chi connectivity index (χ1) is 17.3. The molecule has 8 nitrogen and oxygen atoms in total. The van der Waals surface area contributed by atoms with E-state index >= 15 is 0 Å². The zero-order chi connectivity index (χ0) is 26.3. The minimum atomic E-state index is -1.82. The summed E-state index contributed by atoms with van der Waals surface area (Å²) in [6.45, 7) is 8.18. The Hall–Kier alpha value is -3.52. The van der Waals surface area contributed by atoms with Crippen LogP contribution in [0.4, 0.5) is 0 Å². The third kappa shape index (κ3) is 10.8. The van der Waals surface area contributed by atoms with Gasteiger partial charge in [-0.2, -0.15) is 0 Å². The Morgan fingerprint density at radius 3 is 2.42 bits per heavy atom. The molecule has 1 saturated carbocycles. The number of allylic oxidation sites excluding steroid dienone is 1. The lowest BCUT2D eigenvalue weighted by molar-refractivity contribution is -0.159. The van der Waals surface area contributed by atoms with Crippen molar-refractivity contribution in [2.24, 2.45) is 0 Å². The Morgan fingerprint density at radius 1 is 1.06 bits per heavy atom. The number of benzene rings is 2. The van der Waals surface area contributed by atoms with Crippen molar-refractivity contribution in [3.05, 3.63) is 59.7 Å². The van der Waals surface area contributed by atoms with Crippen molar-refractivity contribution in [3.8, 4) is 17.2 Å². The molecule has 3 rings (SSSR count). The summed E-state index contributed by atoms with van der Waals surface area (Å²) in [4.78, 5) is 18.2. The van der Waals surface area contributed by atoms with Crippen molar-refractivity contribution in [1.29, 1.82) is 0 Å². The first kappa shape index (κ1) is 28.7. The van der Waals surface area contributed by atoms with Crippen molar-refractivity contribution in [3.63, 3.8) is 0 Å². The number of carboxylic acid groups (broad SMARTS) is 2. The van der Waals surface area contributed by atoms with Gasteiger partial charge in [-0.3, -0.25) is 0 Å². The number of hydrogen-bond acceptors (Lipinski definition) is 6. The molecule has 8 heteroatoms. The van der Waals surface area contributed by atoms with Crippen LogP contribution in [-0.4, -0.2) is 47.5 Å². The van der Waals surface area contributed by atoms with Gasteiger partial charge in [0.05, 0.1) is 12.2 Å². The van der Waals surface area contributed by atoms with Crippen LogP contribution in [-0.2, 0) is 16.1 Å². The smallest absolute Gasteiger partial charge is 0.414 e. The van der Waals surface area contributed by atoms with Gasteiger partial charge in [0.1, 0.15) is 12.4 Å². The lowest BCUT2D eigenvalue weighted by atomic mass is 10.2. The average molecular weight is 500 g/mol. The lowest BCUT2D eigenvalue weighted by Crippen LogP contribution is -2.21. The van der Waals surface area contributed by atoms with Crippen LogP contribution in [0.15, 0.2) is 48.5 Å². The maximum Gasteiger partial charge on any atom is 0.414 e. The van der Waals surface area contributed by atoms with Gasteiger partial charge >= 0.3 is 11.9 Å². The monoisotopic (exact) mass is 499 g/mol. The minimum Gasteiger partial charge on any atom is -0.490 e. The summed E-state index contributed by atoms with van der Waals surface area (Å²) in [6, 6.07) is 14.4. The SMILES string of the molecule is C/C=C\c1ccc(OC(C)C)c(OCCNCc2cccc(OC3CCCC3)c2)c1.O=C(O)C(=O)O. The topological polar surface area (TPSA) is 114 Å². The van der Waals surface area contributed by atoms with Crippen LogP contribution in [0.2, 0.25) is 0 Å². The molecule has 2 aromatic carbocycles. The van der Waals surface area contributed by atoms with Crippen LogP contribution >= 0.6 is 0 Å². The normalized spacial score (nSPS) is 13.3. The predicted octanol–water partition coefficient (Wildman–Crippen LogP) is 5.15. The van der Waals surface area contributed by atoms with Gasteiger partial charge in [0.2, 0.25) is 0 Å². The molecule has 0 aliphatic heterocycles.